The molecule has 0 radical (unpaired) electrons. The predicted molar refractivity (Wildman–Crippen MR) is 108 cm³/mol. The minimum atomic E-state index is -0.647. The maximum absolute atomic E-state index is 12.1. The van der Waals surface area contributed by atoms with Gasteiger partial charge in [-0.2, -0.15) is 5.10 Å². The van der Waals surface area contributed by atoms with Crippen LogP contribution in [0.5, 0.6) is 0 Å². The third-order valence-corrected chi connectivity index (χ3v) is 4.34. The lowest BCUT2D eigenvalue weighted by molar-refractivity contribution is -0.384. The average Bonchev–Trinajstić information content (AvgIpc) is 2.62. The zero-order chi connectivity index (χ0) is 20.8. The Bertz CT molecular complexity index is 976. The summed E-state index contributed by atoms with van der Waals surface area (Å²) in [6.07, 6.45) is -0.0488. The number of nitro benzene ring substituents is 1. The van der Waals surface area contributed by atoms with E-state index in [-0.39, 0.29) is 28.6 Å². The smallest absolute Gasteiger partial charge is 0.287 e. The Balaban J connectivity index is 1.95. The largest absolute Gasteiger partial charge is 0.326 e. The van der Waals surface area contributed by atoms with Gasteiger partial charge >= 0.3 is 0 Å². The van der Waals surface area contributed by atoms with Gasteiger partial charge in [0.1, 0.15) is 5.02 Å². The lowest BCUT2D eigenvalue weighted by Crippen LogP contribution is -2.21. The summed E-state index contributed by atoms with van der Waals surface area (Å²) >= 11 is 11.8. The number of rotatable bonds is 6. The molecule has 146 valence electrons. The number of hydrazone groups is 1. The van der Waals surface area contributed by atoms with Crippen LogP contribution in [-0.4, -0.2) is 22.4 Å². The summed E-state index contributed by atoms with van der Waals surface area (Å²) in [7, 11) is 0. The summed E-state index contributed by atoms with van der Waals surface area (Å²) in [5.41, 5.74) is 3.89. The highest BCUT2D eigenvalue weighted by atomic mass is 35.5. The molecule has 0 aliphatic heterocycles. The number of anilines is 1. The molecule has 0 aliphatic rings. The number of aryl methyl sites for hydroxylation is 1. The second-order valence-corrected chi connectivity index (χ2v) is 6.71. The molecule has 0 atom stereocenters. The van der Waals surface area contributed by atoms with E-state index in [1.165, 1.54) is 12.1 Å². The zero-order valence-corrected chi connectivity index (χ0v) is 16.5. The van der Waals surface area contributed by atoms with Crippen LogP contribution in [0.2, 0.25) is 10.0 Å². The van der Waals surface area contributed by atoms with Gasteiger partial charge in [-0.3, -0.25) is 19.7 Å². The Morgan fingerprint density at radius 1 is 1.14 bits per heavy atom. The number of amides is 2. The monoisotopic (exact) mass is 422 g/mol. The average molecular weight is 423 g/mol. The number of hydrogen-bond donors (Lipinski definition) is 2. The van der Waals surface area contributed by atoms with Gasteiger partial charge in [0, 0.05) is 28.1 Å². The summed E-state index contributed by atoms with van der Waals surface area (Å²) < 4.78 is 0. The minimum Gasteiger partial charge on any atom is -0.326 e. The van der Waals surface area contributed by atoms with Gasteiger partial charge in [0.15, 0.2) is 0 Å². The maximum Gasteiger partial charge on any atom is 0.287 e. The molecule has 0 aromatic heterocycles. The lowest BCUT2D eigenvalue weighted by Gasteiger charge is -2.07. The highest BCUT2D eigenvalue weighted by Gasteiger charge is 2.15. The highest BCUT2D eigenvalue weighted by molar-refractivity contribution is 6.33. The number of nitro groups is 1. The molecule has 0 unspecified atom stereocenters. The number of benzene rings is 2. The van der Waals surface area contributed by atoms with Gasteiger partial charge in [-0.1, -0.05) is 29.3 Å². The van der Waals surface area contributed by atoms with Crippen molar-refractivity contribution in [2.45, 2.75) is 20.3 Å². The number of carbonyl (C=O) groups is 2. The van der Waals surface area contributed by atoms with E-state index in [2.05, 4.69) is 15.8 Å². The van der Waals surface area contributed by atoms with Crippen molar-refractivity contribution >= 4 is 52.1 Å². The van der Waals surface area contributed by atoms with E-state index in [1.807, 2.05) is 6.92 Å². The topological polar surface area (TPSA) is 114 Å². The third-order valence-electron chi connectivity index (χ3n) is 3.63. The molecule has 28 heavy (non-hydrogen) atoms. The Morgan fingerprint density at radius 3 is 2.46 bits per heavy atom. The molecule has 0 spiro atoms. The van der Waals surface area contributed by atoms with E-state index < -0.39 is 10.8 Å². The normalized spacial score (nSPS) is 11.1. The molecular formula is C18H16Cl2N4O4. The van der Waals surface area contributed by atoms with Crippen molar-refractivity contribution in [2.24, 2.45) is 5.10 Å². The second kappa shape index (κ2) is 9.29. The van der Waals surface area contributed by atoms with E-state index >= 15 is 0 Å². The van der Waals surface area contributed by atoms with E-state index in [0.717, 1.165) is 11.6 Å². The van der Waals surface area contributed by atoms with Crippen LogP contribution in [0.1, 0.15) is 29.3 Å². The number of hydrogen-bond acceptors (Lipinski definition) is 5. The van der Waals surface area contributed by atoms with E-state index in [0.29, 0.717) is 16.4 Å². The SMILES string of the molecule is C/C(CC(=O)Nc1ccc(C)c(Cl)c1)=N\NC(=O)c1ccc([N+](=O)[O-])c(Cl)c1. The second-order valence-electron chi connectivity index (χ2n) is 5.90. The first-order chi connectivity index (χ1) is 13.2. The fourth-order valence-corrected chi connectivity index (χ4v) is 2.58. The summed E-state index contributed by atoms with van der Waals surface area (Å²) in [4.78, 5) is 34.2. The van der Waals surface area contributed by atoms with Crippen LogP contribution in [0.4, 0.5) is 11.4 Å². The van der Waals surface area contributed by atoms with Crippen LogP contribution >= 0.6 is 23.2 Å². The van der Waals surface area contributed by atoms with Crippen LogP contribution < -0.4 is 10.7 Å². The molecule has 0 saturated carbocycles. The first kappa shape index (κ1) is 21.3. The number of carbonyl (C=O) groups excluding carboxylic acids is 2. The van der Waals surface area contributed by atoms with Crippen molar-refractivity contribution in [1.82, 2.24) is 5.43 Å². The standard InChI is InChI=1S/C18H16Cl2N4O4/c1-10-3-5-13(9-14(10)19)21-17(25)7-11(2)22-23-18(26)12-4-6-16(24(27)28)15(20)8-12/h3-6,8-9H,7H2,1-2H3,(H,21,25)(H,23,26)/b22-11+. The van der Waals surface area contributed by atoms with E-state index in [9.17, 15) is 19.7 Å². The predicted octanol–water partition coefficient (Wildman–Crippen LogP) is 4.34. The highest BCUT2D eigenvalue weighted by Crippen LogP contribution is 2.25. The van der Waals surface area contributed by atoms with E-state index in [1.54, 1.807) is 25.1 Å². The Morgan fingerprint density at radius 2 is 1.86 bits per heavy atom. The fraction of sp³-hybridized carbons (Fsp3) is 0.167. The van der Waals surface area contributed by atoms with Gasteiger partial charge in [-0.15, -0.1) is 0 Å². The molecule has 10 heteroatoms. The van der Waals surface area contributed by atoms with Gasteiger partial charge in [-0.05, 0) is 43.7 Å². The molecule has 0 saturated heterocycles. The van der Waals surface area contributed by atoms with Gasteiger partial charge in [0.25, 0.3) is 11.6 Å². The number of halogens is 2. The van der Waals surface area contributed by atoms with Crippen molar-refractivity contribution in [3.63, 3.8) is 0 Å². The summed E-state index contributed by atoms with van der Waals surface area (Å²) in [5, 5.41) is 17.7. The van der Waals surface area contributed by atoms with Crippen molar-refractivity contribution < 1.29 is 14.5 Å². The van der Waals surface area contributed by atoms with Crippen LogP contribution in [0, 0.1) is 17.0 Å². The van der Waals surface area contributed by atoms with Crippen LogP contribution in [0.25, 0.3) is 0 Å². The zero-order valence-electron chi connectivity index (χ0n) is 15.0. The molecule has 2 aromatic rings. The molecule has 0 fully saturated rings. The summed E-state index contributed by atoms with van der Waals surface area (Å²) in [6, 6.07) is 8.72. The molecule has 2 rings (SSSR count). The molecular weight excluding hydrogens is 407 g/mol. The van der Waals surface area contributed by atoms with Crippen LogP contribution in [0.15, 0.2) is 41.5 Å². The maximum atomic E-state index is 12.1. The van der Waals surface area contributed by atoms with Crippen molar-refractivity contribution in [3.8, 4) is 0 Å². The van der Waals surface area contributed by atoms with Crippen molar-refractivity contribution in [3.05, 3.63) is 67.7 Å². The summed E-state index contributed by atoms with van der Waals surface area (Å²) in [5.74, 6) is -0.935. The van der Waals surface area contributed by atoms with Gasteiger partial charge in [0.2, 0.25) is 5.91 Å². The van der Waals surface area contributed by atoms with Gasteiger partial charge < -0.3 is 5.32 Å². The first-order valence-electron chi connectivity index (χ1n) is 8.01. The van der Waals surface area contributed by atoms with Crippen LogP contribution in [-0.2, 0) is 4.79 Å². The van der Waals surface area contributed by atoms with Gasteiger partial charge in [-0.25, -0.2) is 5.43 Å². The van der Waals surface area contributed by atoms with Crippen molar-refractivity contribution in [2.75, 3.05) is 5.32 Å². The Kier molecular flexibility index (Phi) is 7.08. The molecule has 0 bridgehead atoms. The number of nitrogens with one attached hydrogen (secondary N) is 2. The Labute approximate surface area is 170 Å². The van der Waals surface area contributed by atoms with Crippen molar-refractivity contribution in [1.29, 1.82) is 0 Å². The third kappa shape index (κ3) is 5.77. The molecule has 2 aromatic carbocycles. The lowest BCUT2D eigenvalue weighted by atomic mass is 10.2. The molecule has 8 nitrogen and oxygen atoms in total. The molecule has 2 amide bonds. The Hall–Kier alpha value is -2.97. The molecule has 0 aliphatic carbocycles. The number of nitrogens with zero attached hydrogens (tertiary/aromatic N) is 2. The van der Waals surface area contributed by atoms with Crippen LogP contribution in [0.3, 0.4) is 0 Å². The molecule has 0 heterocycles. The van der Waals surface area contributed by atoms with Gasteiger partial charge in [0.05, 0.1) is 11.3 Å². The van der Waals surface area contributed by atoms with E-state index in [4.69, 9.17) is 23.2 Å². The first-order valence-corrected chi connectivity index (χ1v) is 8.76. The minimum absolute atomic E-state index is 0.0488. The quantitative estimate of drug-likeness (QED) is 0.409. The summed E-state index contributed by atoms with van der Waals surface area (Å²) in [6.45, 7) is 3.43. The molecule has 2 N–H and O–H groups in total. The fourth-order valence-electron chi connectivity index (χ4n) is 2.15.